The van der Waals surface area contributed by atoms with Gasteiger partial charge in [-0.15, -0.1) is 0 Å². The Morgan fingerprint density at radius 3 is 2.21 bits per heavy atom. The van der Waals surface area contributed by atoms with Crippen molar-refractivity contribution in [2.45, 2.75) is 81.3 Å². The molecule has 10 rings (SSSR count). The zero-order valence-electron chi connectivity index (χ0n) is 37.3. The summed E-state index contributed by atoms with van der Waals surface area (Å²) in [5.41, 5.74) is 5.04. The fourth-order valence-electron chi connectivity index (χ4n) is 10.7. The highest BCUT2D eigenvalue weighted by Gasteiger charge is 2.52. The van der Waals surface area contributed by atoms with Gasteiger partial charge in [0, 0.05) is 36.4 Å². The lowest BCUT2D eigenvalue weighted by atomic mass is 9.97. The first-order valence-electron chi connectivity index (χ1n) is 22.5. The normalized spacial score (nSPS) is 21.4. The SMILES string of the molecule is COC(=O)N[C@@H](C(=O)N1CCCC1c1ncc(-c2ccc3c(c2)C(F)(F)c2cc(-c4ccc5nc([C@@H]6[C@H]7CC[C@H](C7)N6C(=O)[C@H](NC(=O)OC)[C@@H](C)OC)[nH]c5c4)ccc2-3)[nH]1)c1ccccc1. The summed E-state index contributed by atoms with van der Waals surface area (Å²) >= 11 is 0. The number of methoxy groups -OCH3 is 3. The van der Waals surface area contributed by atoms with Crippen molar-refractivity contribution in [3.8, 4) is 33.5 Å². The van der Waals surface area contributed by atoms with Gasteiger partial charge in [0.2, 0.25) is 5.91 Å². The number of H-pyrrole nitrogens is 2. The summed E-state index contributed by atoms with van der Waals surface area (Å²) in [6.45, 7) is 2.17. The Labute approximate surface area is 384 Å². The van der Waals surface area contributed by atoms with Crippen LogP contribution in [0.15, 0.2) is 91.1 Å². The number of piperidine rings is 1. The predicted molar refractivity (Wildman–Crippen MR) is 242 cm³/mol. The van der Waals surface area contributed by atoms with E-state index in [0.29, 0.717) is 75.6 Å². The number of carbonyl (C=O) groups excluding carboxylic acids is 4. The molecule has 346 valence electrons. The number of benzene rings is 4. The molecule has 2 saturated heterocycles. The Balaban J connectivity index is 0.886. The van der Waals surface area contributed by atoms with Gasteiger partial charge in [-0.1, -0.05) is 60.7 Å². The highest BCUT2D eigenvalue weighted by atomic mass is 19.3. The van der Waals surface area contributed by atoms with Crippen molar-refractivity contribution in [1.29, 1.82) is 0 Å². The van der Waals surface area contributed by atoms with Crippen molar-refractivity contribution in [2.75, 3.05) is 27.9 Å². The number of ether oxygens (including phenoxy) is 3. The summed E-state index contributed by atoms with van der Waals surface area (Å²) in [6, 6.07) is 22.0. The van der Waals surface area contributed by atoms with E-state index < -0.39 is 42.3 Å². The van der Waals surface area contributed by atoms with Crippen LogP contribution >= 0.6 is 0 Å². The van der Waals surface area contributed by atoms with E-state index in [1.54, 1.807) is 66.6 Å². The molecule has 15 nitrogen and oxygen atoms in total. The molecule has 7 atom stereocenters. The van der Waals surface area contributed by atoms with Crippen LogP contribution in [0.2, 0.25) is 0 Å². The van der Waals surface area contributed by atoms with Crippen LogP contribution in [0.1, 0.15) is 85.5 Å². The molecule has 4 amide bonds. The van der Waals surface area contributed by atoms with Crippen LogP contribution in [0.5, 0.6) is 0 Å². The van der Waals surface area contributed by atoms with E-state index in [0.717, 1.165) is 24.8 Å². The highest BCUT2D eigenvalue weighted by Crippen LogP contribution is 2.53. The predicted octanol–water partition coefficient (Wildman–Crippen LogP) is 8.31. The number of rotatable bonds is 11. The molecule has 4 aliphatic rings. The molecule has 4 N–H and O–H groups in total. The van der Waals surface area contributed by atoms with E-state index in [4.69, 9.17) is 19.2 Å². The molecule has 4 heterocycles. The maximum absolute atomic E-state index is 16.7. The molecule has 0 spiro atoms. The summed E-state index contributed by atoms with van der Waals surface area (Å²) in [5, 5.41) is 5.33. The van der Waals surface area contributed by atoms with Crippen LogP contribution in [-0.4, -0.2) is 99.8 Å². The van der Waals surface area contributed by atoms with Crippen LogP contribution in [-0.2, 0) is 29.7 Å². The van der Waals surface area contributed by atoms with Crippen LogP contribution in [0.25, 0.3) is 44.5 Å². The number of halogens is 2. The zero-order valence-corrected chi connectivity index (χ0v) is 37.3. The maximum atomic E-state index is 16.7. The first kappa shape index (κ1) is 43.7. The lowest BCUT2D eigenvalue weighted by Gasteiger charge is -2.37. The molecule has 17 heteroatoms. The van der Waals surface area contributed by atoms with Crippen LogP contribution in [0.3, 0.4) is 0 Å². The number of nitrogens with one attached hydrogen (secondary N) is 4. The molecule has 6 aromatic rings. The van der Waals surface area contributed by atoms with E-state index in [2.05, 4.69) is 25.6 Å². The van der Waals surface area contributed by atoms with E-state index in [9.17, 15) is 19.2 Å². The molecule has 2 aliphatic heterocycles. The largest absolute Gasteiger partial charge is 0.453 e. The van der Waals surface area contributed by atoms with E-state index >= 15 is 8.78 Å². The molecule has 3 fully saturated rings. The van der Waals surface area contributed by atoms with Crippen molar-refractivity contribution < 1.29 is 42.2 Å². The number of hydrogen-bond donors (Lipinski definition) is 4. The van der Waals surface area contributed by atoms with Gasteiger partial charge in [0.25, 0.3) is 11.8 Å². The molecule has 4 aromatic carbocycles. The molecule has 67 heavy (non-hydrogen) atoms. The number of likely N-dealkylation sites (tertiary alicyclic amines) is 2. The molecule has 1 unspecified atom stereocenters. The van der Waals surface area contributed by atoms with Crippen molar-refractivity contribution in [2.24, 2.45) is 5.92 Å². The summed E-state index contributed by atoms with van der Waals surface area (Å²) in [6.07, 6.45) is 3.46. The lowest BCUT2D eigenvalue weighted by Crippen LogP contribution is -2.56. The fraction of sp³-hybridized carbons (Fsp3) is 0.360. The zero-order chi connectivity index (χ0) is 46.7. The topological polar surface area (TPSA) is 184 Å². The Kier molecular flexibility index (Phi) is 11.3. The Morgan fingerprint density at radius 1 is 0.791 bits per heavy atom. The second kappa shape index (κ2) is 17.3. The van der Waals surface area contributed by atoms with Gasteiger partial charge in [-0.05, 0) is 97.0 Å². The minimum absolute atomic E-state index is 0.0135. The van der Waals surface area contributed by atoms with Gasteiger partial charge >= 0.3 is 12.2 Å². The molecular weight excluding hydrogens is 863 g/mol. The summed E-state index contributed by atoms with van der Waals surface area (Å²) in [5.74, 6) is -2.57. The van der Waals surface area contributed by atoms with E-state index in [-0.39, 0.29) is 40.9 Å². The summed E-state index contributed by atoms with van der Waals surface area (Å²) in [4.78, 5) is 72.6. The Morgan fingerprint density at radius 2 is 1.48 bits per heavy atom. The first-order valence-corrected chi connectivity index (χ1v) is 22.5. The second-order valence-electron chi connectivity index (χ2n) is 17.8. The van der Waals surface area contributed by atoms with Gasteiger partial charge in [-0.25, -0.2) is 19.6 Å². The van der Waals surface area contributed by atoms with E-state index in [1.165, 1.54) is 27.4 Å². The summed E-state index contributed by atoms with van der Waals surface area (Å²) in [7, 11) is 3.97. The standard InChI is InChI=1S/C50H50F2N8O7/c1-26(65-2)41(57-48(63)66-3)47(62)60-32-16-12-31(21-32)43(60)45-54-37-19-15-29(24-38(37)55-45)28-13-17-33-34-18-14-30(23-36(34)50(51,52)35(33)22-28)39-25-53-44(56-39)40-11-8-20-59(40)46(61)42(58-49(64)67-4)27-9-6-5-7-10-27/h5-7,9-10,13-15,17-19,22-26,31-32,40-43H,8,11-12,16,20-21H2,1-4H3,(H,53,56)(H,54,55)(H,57,63)(H,58,64)/t26-,31+,32-,40?,41-,42-,43+/m1/s1. The number of alkyl halides is 2. The number of carbonyl (C=O) groups is 4. The van der Waals surface area contributed by atoms with Gasteiger partial charge in [0.05, 0.1) is 55.3 Å². The highest BCUT2D eigenvalue weighted by molar-refractivity contribution is 5.90. The average Bonchev–Trinajstić information content (AvgIpc) is 4.23. The molecule has 2 bridgehead atoms. The monoisotopic (exact) mass is 912 g/mol. The Hall–Kier alpha value is -7.14. The third kappa shape index (κ3) is 7.64. The van der Waals surface area contributed by atoms with Crippen molar-refractivity contribution in [1.82, 2.24) is 40.4 Å². The molecule has 1 saturated carbocycles. The van der Waals surface area contributed by atoms with Gasteiger partial charge in [-0.2, -0.15) is 8.78 Å². The number of amides is 4. The maximum Gasteiger partial charge on any atom is 0.407 e. The molecule has 0 radical (unpaired) electrons. The molecule has 2 aromatic heterocycles. The minimum Gasteiger partial charge on any atom is -0.453 e. The van der Waals surface area contributed by atoms with E-state index in [1.807, 2.05) is 35.2 Å². The van der Waals surface area contributed by atoms with Crippen LogP contribution in [0, 0.1) is 5.92 Å². The van der Waals surface area contributed by atoms with Gasteiger partial charge in [0.15, 0.2) is 0 Å². The average molecular weight is 913 g/mol. The first-order chi connectivity index (χ1) is 32.4. The minimum atomic E-state index is -3.31. The number of hydrogen-bond acceptors (Lipinski definition) is 9. The quantitative estimate of drug-likeness (QED) is 0.0993. The third-order valence-electron chi connectivity index (χ3n) is 14.1. The van der Waals surface area contributed by atoms with Gasteiger partial charge < -0.3 is 44.6 Å². The van der Waals surface area contributed by atoms with Crippen LogP contribution < -0.4 is 10.6 Å². The van der Waals surface area contributed by atoms with Crippen molar-refractivity contribution in [3.05, 3.63) is 119 Å². The lowest BCUT2D eigenvalue weighted by molar-refractivity contribution is -0.141. The second-order valence-corrected chi connectivity index (χ2v) is 17.8. The van der Waals surface area contributed by atoms with Crippen molar-refractivity contribution >= 4 is 35.0 Å². The van der Waals surface area contributed by atoms with Gasteiger partial charge in [-0.3, -0.25) is 9.59 Å². The molecule has 2 aliphatic carbocycles. The fourth-order valence-corrected chi connectivity index (χ4v) is 10.7. The summed E-state index contributed by atoms with van der Waals surface area (Å²) < 4.78 is 48.5. The number of aromatic nitrogens is 4. The molecular formula is C50H50F2N8O7. The Bertz CT molecular complexity index is 2900. The van der Waals surface area contributed by atoms with Crippen molar-refractivity contribution in [3.63, 3.8) is 0 Å². The number of fused-ring (bicyclic) bond motifs is 6. The van der Waals surface area contributed by atoms with Gasteiger partial charge in [0.1, 0.15) is 23.7 Å². The number of aromatic amines is 2. The number of nitrogens with zero attached hydrogens (tertiary/aromatic N) is 4. The third-order valence-corrected chi connectivity index (χ3v) is 14.1. The van der Waals surface area contributed by atoms with Crippen LogP contribution in [0.4, 0.5) is 18.4 Å². The number of imidazole rings is 2. The number of alkyl carbamates (subject to hydrolysis) is 2. The smallest absolute Gasteiger partial charge is 0.407 e.